The van der Waals surface area contributed by atoms with Crippen molar-refractivity contribution in [3.63, 3.8) is 0 Å². The van der Waals surface area contributed by atoms with Crippen LogP contribution in [0.25, 0.3) is 16.6 Å². The fourth-order valence-electron chi connectivity index (χ4n) is 2.22. The number of pyridine rings is 1. The predicted octanol–water partition coefficient (Wildman–Crippen LogP) is 2.33. The number of rotatable bonds is 1. The van der Waals surface area contributed by atoms with Crippen LogP contribution in [-0.4, -0.2) is 14.5 Å². The molecule has 0 fully saturated rings. The molecule has 18 heavy (non-hydrogen) atoms. The molecule has 0 saturated heterocycles. The summed E-state index contributed by atoms with van der Waals surface area (Å²) in [5, 5.41) is 1.03. The summed E-state index contributed by atoms with van der Waals surface area (Å²) in [6.45, 7) is 3.96. The largest absolute Gasteiger partial charge is 0.322 e. The molecular formula is C14H13N3O. The van der Waals surface area contributed by atoms with Crippen LogP contribution in [-0.2, 0) is 0 Å². The third-order valence-electron chi connectivity index (χ3n) is 3.12. The molecular weight excluding hydrogens is 226 g/mol. The summed E-state index contributed by atoms with van der Waals surface area (Å²) in [6, 6.07) is 7.49. The molecule has 2 heterocycles. The summed E-state index contributed by atoms with van der Waals surface area (Å²) in [5.74, 6) is 0.943. The molecule has 4 nitrogen and oxygen atoms in total. The number of nitrogens with zero attached hydrogens (tertiary/aromatic N) is 2. The van der Waals surface area contributed by atoms with Crippen molar-refractivity contribution in [3.05, 3.63) is 58.4 Å². The zero-order valence-electron chi connectivity index (χ0n) is 10.3. The van der Waals surface area contributed by atoms with Gasteiger partial charge in [-0.1, -0.05) is 0 Å². The van der Waals surface area contributed by atoms with Crippen LogP contribution < -0.4 is 5.56 Å². The first-order valence-corrected chi connectivity index (χ1v) is 5.79. The standard InChI is InChI=1S/C14H13N3O/c1-9-7-12(17-6-5-15-10(17)2)8-11-3-4-13(18)16-14(9)11/h3-8H,1-2H3,(H,16,18). The molecule has 0 spiro atoms. The van der Waals surface area contributed by atoms with Gasteiger partial charge in [-0.15, -0.1) is 0 Å². The molecule has 0 amide bonds. The Morgan fingerprint density at radius 3 is 2.78 bits per heavy atom. The smallest absolute Gasteiger partial charge is 0.248 e. The van der Waals surface area contributed by atoms with Gasteiger partial charge in [-0.25, -0.2) is 4.98 Å². The maximum Gasteiger partial charge on any atom is 0.248 e. The van der Waals surface area contributed by atoms with Crippen LogP contribution in [0.4, 0.5) is 0 Å². The summed E-state index contributed by atoms with van der Waals surface area (Å²) in [6.07, 6.45) is 3.71. The average Bonchev–Trinajstić information content (AvgIpc) is 2.76. The van der Waals surface area contributed by atoms with Gasteiger partial charge in [0.1, 0.15) is 5.82 Å². The number of benzene rings is 1. The molecule has 1 aromatic carbocycles. The monoisotopic (exact) mass is 239 g/mol. The Balaban J connectivity index is 2.31. The van der Waals surface area contributed by atoms with E-state index in [1.807, 2.05) is 42.8 Å². The molecule has 2 aromatic heterocycles. The SMILES string of the molecule is Cc1cc(-n2ccnc2C)cc2ccc(=O)[nH]c12. The Kier molecular flexibility index (Phi) is 2.30. The summed E-state index contributed by atoms with van der Waals surface area (Å²) < 4.78 is 2.03. The summed E-state index contributed by atoms with van der Waals surface area (Å²) in [7, 11) is 0. The second-order valence-electron chi connectivity index (χ2n) is 4.39. The lowest BCUT2D eigenvalue weighted by atomic mass is 10.1. The number of nitrogens with one attached hydrogen (secondary N) is 1. The zero-order chi connectivity index (χ0) is 12.7. The van der Waals surface area contributed by atoms with Crippen LogP contribution in [0.3, 0.4) is 0 Å². The number of aromatic amines is 1. The lowest BCUT2D eigenvalue weighted by Crippen LogP contribution is -2.04. The van der Waals surface area contributed by atoms with E-state index in [1.54, 1.807) is 12.3 Å². The van der Waals surface area contributed by atoms with Crippen LogP contribution >= 0.6 is 0 Å². The second kappa shape index (κ2) is 3.84. The predicted molar refractivity (Wildman–Crippen MR) is 71.2 cm³/mol. The lowest BCUT2D eigenvalue weighted by molar-refractivity contribution is 0.974. The van der Waals surface area contributed by atoms with Crippen molar-refractivity contribution in [2.75, 3.05) is 0 Å². The van der Waals surface area contributed by atoms with Gasteiger partial charge in [-0.3, -0.25) is 4.79 Å². The number of aryl methyl sites for hydroxylation is 2. The van der Waals surface area contributed by atoms with Gasteiger partial charge in [0.2, 0.25) is 5.56 Å². The molecule has 0 unspecified atom stereocenters. The van der Waals surface area contributed by atoms with E-state index in [0.717, 1.165) is 28.0 Å². The van der Waals surface area contributed by atoms with Crippen molar-refractivity contribution in [1.29, 1.82) is 0 Å². The molecule has 0 aliphatic heterocycles. The number of aromatic nitrogens is 3. The molecule has 0 radical (unpaired) electrons. The van der Waals surface area contributed by atoms with Crippen LogP contribution in [0.2, 0.25) is 0 Å². The Hall–Kier alpha value is -2.36. The van der Waals surface area contributed by atoms with Crippen LogP contribution in [0, 0.1) is 13.8 Å². The van der Waals surface area contributed by atoms with E-state index in [1.165, 1.54) is 0 Å². The quantitative estimate of drug-likeness (QED) is 0.708. The van der Waals surface area contributed by atoms with Gasteiger partial charge < -0.3 is 9.55 Å². The molecule has 0 aliphatic rings. The highest BCUT2D eigenvalue weighted by Gasteiger charge is 2.05. The Morgan fingerprint density at radius 2 is 2.06 bits per heavy atom. The minimum absolute atomic E-state index is 0.0721. The number of hydrogen-bond acceptors (Lipinski definition) is 2. The highest BCUT2D eigenvalue weighted by molar-refractivity contribution is 5.83. The minimum atomic E-state index is -0.0721. The average molecular weight is 239 g/mol. The summed E-state index contributed by atoms with van der Waals surface area (Å²) >= 11 is 0. The number of hydrogen-bond donors (Lipinski definition) is 1. The molecule has 3 aromatic rings. The third-order valence-corrected chi connectivity index (χ3v) is 3.12. The third kappa shape index (κ3) is 1.62. The van der Waals surface area contributed by atoms with Crippen LogP contribution in [0.1, 0.15) is 11.4 Å². The van der Waals surface area contributed by atoms with Gasteiger partial charge >= 0.3 is 0 Å². The molecule has 4 heteroatoms. The molecule has 3 rings (SSSR count). The van der Waals surface area contributed by atoms with Crippen molar-refractivity contribution in [2.45, 2.75) is 13.8 Å². The van der Waals surface area contributed by atoms with Crippen LogP contribution in [0.5, 0.6) is 0 Å². The second-order valence-corrected chi connectivity index (χ2v) is 4.39. The topological polar surface area (TPSA) is 50.7 Å². The highest BCUT2D eigenvalue weighted by atomic mass is 16.1. The molecule has 0 saturated carbocycles. The lowest BCUT2D eigenvalue weighted by Gasteiger charge is -2.09. The summed E-state index contributed by atoms with van der Waals surface area (Å²) in [5.41, 5.74) is 2.93. The Labute approximate surface area is 104 Å². The van der Waals surface area contributed by atoms with E-state index in [2.05, 4.69) is 9.97 Å². The molecule has 0 atom stereocenters. The van der Waals surface area contributed by atoms with Gasteiger partial charge in [-0.2, -0.15) is 0 Å². The molecule has 0 bridgehead atoms. The molecule has 90 valence electrons. The number of H-pyrrole nitrogens is 1. The number of fused-ring (bicyclic) bond motifs is 1. The fourth-order valence-corrected chi connectivity index (χ4v) is 2.22. The van der Waals surface area contributed by atoms with E-state index in [4.69, 9.17) is 0 Å². The normalized spacial score (nSPS) is 11.0. The van der Waals surface area contributed by atoms with Crippen LogP contribution in [0.15, 0.2) is 41.5 Å². The van der Waals surface area contributed by atoms with E-state index in [9.17, 15) is 4.79 Å². The van der Waals surface area contributed by atoms with Crippen molar-refractivity contribution < 1.29 is 0 Å². The minimum Gasteiger partial charge on any atom is -0.322 e. The molecule has 0 aliphatic carbocycles. The van der Waals surface area contributed by atoms with E-state index in [0.29, 0.717) is 0 Å². The maximum absolute atomic E-state index is 11.3. The Morgan fingerprint density at radius 1 is 1.22 bits per heavy atom. The molecule has 1 N–H and O–H groups in total. The van der Waals surface area contributed by atoms with E-state index < -0.39 is 0 Å². The first-order chi connectivity index (χ1) is 8.65. The van der Waals surface area contributed by atoms with Crippen molar-refractivity contribution in [2.24, 2.45) is 0 Å². The summed E-state index contributed by atoms with van der Waals surface area (Å²) in [4.78, 5) is 18.4. The van der Waals surface area contributed by atoms with Crippen molar-refractivity contribution in [3.8, 4) is 5.69 Å². The van der Waals surface area contributed by atoms with E-state index >= 15 is 0 Å². The van der Waals surface area contributed by atoms with Crippen molar-refractivity contribution >= 4 is 10.9 Å². The fraction of sp³-hybridized carbons (Fsp3) is 0.143. The Bertz CT molecular complexity index is 783. The number of imidazole rings is 1. The van der Waals surface area contributed by atoms with Gasteiger partial charge in [-0.05, 0) is 37.6 Å². The van der Waals surface area contributed by atoms with Gasteiger partial charge in [0.25, 0.3) is 0 Å². The zero-order valence-corrected chi connectivity index (χ0v) is 10.3. The van der Waals surface area contributed by atoms with E-state index in [-0.39, 0.29) is 5.56 Å². The maximum atomic E-state index is 11.3. The first kappa shape index (κ1) is 10.8. The van der Waals surface area contributed by atoms with Gasteiger partial charge in [0.15, 0.2) is 0 Å². The van der Waals surface area contributed by atoms with Crippen molar-refractivity contribution in [1.82, 2.24) is 14.5 Å². The first-order valence-electron chi connectivity index (χ1n) is 5.79. The van der Waals surface area contributed by atoms with Gasteiger partial charge in [0.05, 0.1) is 5.52 Å². The van der Waals surface area contributed by atoms with Gasteiger partial charge in [0, 0.05) is 29.5 Å². The highest BCUT2D eigenvalue weighted by Crippen LogP contribution is 2.20.